The van der Waals surface area contributed by atoms with Crippen LogP contribution in [-0.2, 0) is 6.54 Å². The van der Waals surface area contributed by atoms with E-state index in [1.165, 1.54) is 12.0 Å². The van der Waals surface area contributed by atoms with Gasteiger partial charge in [0.15, 0.2) is 0 Å². The van der Waals surface area contributed by atoms with E-state index in [1.54, 1.807) is 24.3 Å². The van der Waals surface area contributed by atoms with Crippen molar-refractivity contribution in [2.24, 2.45) is 0 Å². The standard InChI is InChI=1S/C22H25N3O4/c1-14-10-15(2)17-12-16(21(27)23-19(17)11-14)13-25(8-9-26)22(28)24-18-6-4-5-7-20(18)29-3/h4-7,10-12,26H,8-9,13H2,1-3H3,(H,23,27)(H,24,28). The zero-order valence-electron chi connectivity index (χ0n) is 16.8. The van der Waals surface area contributed by atoms with Gasteiger partial charge in [-0.1, -0.05) is 18.2 Å². The van der Waals surface area contributed by atoms with E-state index >= 15 is 0 Å². The SMILES string of the molecule is COc1ccccc1NC(=O)N(CCO)Cc1cc2c(C)cc(C)cc2[nH]c1=O. The predicted molar refractivity (Wildman–Crippen MR) is 114 cm³/mol. The van der Waals surface area contributed by atoms with E-state index in [-0.39, 0.29) is 25.3 Å². The second kappa shape index (κ2) is 8.79. The molecule has 1 aromatic heterocycles. The molecule has 0 fully saturated rings. The van der Waals surface area contributed by atoms with Crippen molar-refractivity contribution in [1.82, 2.24) is 9.88 Å². The lowest BCUT2D eigenvalue weighted by molar-refractivity contribution is 0.185. The number of nitrogens with one attached hydrogen (secondary N) is 2. The van der Waals surface area contributed by atoms with Gasteiger partial charge < -0.3 is 25.0 Å². The third kappa shape index (κ3) is 4.57. The number of ether oxygens (including phenoxy) is 1. The Hall–Kier alpha value is -3.32. The number of aromatic nitrogens is 1. The first-order chi connectivity index (χ1) is 13.9. The van der Waals surface area contributed by atoms with Crippen molar-refractivity contribution in [1.29, 1.82) is 0 Å². The molecule has 3 aromatic rings. The Balaban J connectivity index is 1.89. The van der Waals surface area contributed by atoms with Crippen LogP contribution < -0.4 is 15.6 Å². The average Bonchev–Trinajstić information content (AvgIpc) is 2.68. The molecule has 2 aromatic carbocycles. The first-order valence-corrected chi connectivity index (χ1v) is 9.36. The van der Waals surface area contributed by atoms with Crippen LogP contribution in [-0.4, -0.2) is 41.3 Å². The van der Waals surface area contributed by atoms with E-state index < -0.39 is 6.03 Å². The second-order valence-corrected chi connectivity index (χ2v) is 6.94. The third-order valence-electron chi connectivity index (χ3n) is 4.76. The van der Waals surface area contributed by atoms with Gasteiger partial charge in [-0.05, 0) is 49.2 Å². The van der Waals surface area contributed by atoms with Gasteiger partial charge in [0.25, 0.3) is 5.56 Å². The van der Waals surface area contributed by atoms with Crippen LogP contribution in [0.2, 0.25) is 0 Å². The quantitative estimate of drug-likeness (QED) is 0.597. The number of methoxy groups -OCH3 is 1. The lowest BCUT2D eigenvalue weighted by atomic mass is 10.0. The second-order valence-electron chi connectivity index (χ2n) is 6.94. The zero-order valence-corrected chi connectivity index (χ0v) is 16.8. The largest absolute Gasteiger partial charge is 0.495 e. The van der Waals surface area contributed by atoms with Crippen molar-refractivity contribution in [3.8, 4) is 5.75 Å². The summed E-state index contributed by atoms with van der Waals surface area (Å²) in [5.74, 6) is 0.527. The average molecular weight is 395 g/mol. The van der Waals surface area contributed by atoms with Crippen molar-refractivity contribution in [3.63, 3.8) is 0 Å². The molecular weight excluding hydrogens is 370 g/mol. The lowest BCUT2D eigenvalue weighted by Crippen LogP contribution is -2.38. The number of fused-ring (bicyclic) bond motifs is 1. The fraction of sp³-hybridized carbons (Fsp3) is 0.273. The number of anilines is 1. The normalized spacial score (nSPS) is 10.8. The Kier molecular flexibility index (Phi) is 6.19. The van der Waals surface area contributed by atoms with Gasteiger partial charge in [0.2, 0.25) is 0 Å². The Labute approximate surface area is 168 Å². The number of aliphatic hydroxyl groups excluding tert-OH is 1. The van der Waals surface area contributed by atoms with Gasteiger partial charge in [0.1, 0.15) is 5.75 Å². The summed E-state index contributed by atoms with van der Waals surface area (Å²) in [7, 11) is 1.52. The van der Waals surface area contributed by atoms with Gasteiger partial charge in [-0.3, -0.25) is 4.79 Å². The first-order valence-electron chi connectivity index (χ1n) is 9.36. The van der Waals surface area contributed by atoms with Crippen molar-refractivity contribution < 1.29 is 14.6 Å². The number of benzene rings is 2. The lowest BCUT2D eigenvalue weighted by Gasteiger charge is -2.23. The number of carbonyl (C=O) groups is 1. The van der Waals surface area contributed by atoms with Crippen LogP contribution in [0.15, 0.2) is 47.3 Å². The molecule has 0 unspecified atom stereocenters. The Bertz CT molecular complexity index is 1090. The highest BCUT2D eigenvalue weighted by Gasteiger charge is 2.17. The topological polar surface area (TPSA) is 94.7 Å². The summed E-state index contributed by atoms with van der Waals surface area (Å²) in [6.45, 7) is 3.90. The molecule has 0 spiro atoms. The van der Waals surface area contributed by atoms with Gasteiger partial charge in [0.05, 0.1) is 25.9 Å². The summed E-state index contributed by atoms with van der Waals surface area (Å²) in [6.07, 6.45) is 0. The molecule has 0 bridgehead atoms. The van der Waals surface area contributed by atoms with Gasteiger partial charge >= 0.3 is 6.03 Å². The molecule has 29 heavy (non-hydrogen) atoms. The number of hydrogen-bond donors (Lipinski definition) is 3. The highest BCUT2D eigenvalue weighted by atomic mass is 16.5. The number of H-pyrrole nitrogens is 1. The fourth-order valence-electron chi connectivity index (χ4n) is 3.35. The highest BCUT2D eigenvalue weighted by molar-refractivity contribution is 5.91. The van der Waals surface area contributed by atoms with Gasteiger partial charge in [-0.15, -0.1) is 0 Å². The number of para-hydroxylation sites is 2. The number of nitrogens with zero attached hydrogens (tertiary/aromatic N) is 1. The summed E-state index contributed by atoms with van der Waals surface area (Å²) in [5.41, 5.74) is 3.59. The van der Waals surface area contributed by atoms with Gasteiger partial charge in [0, 0.05) is 23.0 Å². The summed E-state index contributed by atoms with van der Waals surface area (Å²) in [5, 5.41) is 13.1. The molecule has 0 aliphatic rings. The summed E-state index contributed by atoms with van der Waals surface area (Å²) in [4.78, 5) is 29.7. The van der Waals surface area contributed by atoms with E-state index in [2.05, 4.69) is 10.3 Å². The molecule has 152 valence electrons. The van der Waals surface area contributed by atoms with Crippen molar-refractivity contribution in [2.45, 2.75) is 20.4 Å². The van der Waals surface area contributed by atoms with E-state index in [0.29, 0.717) is 17.0 Å². The summed E-state index contributed by atoms with van der Waals surface area (Å²) >= 11 is 0. The third-order valence-corrected chi connectivity index (χ3v) is 4.76. The van der Waals surface area contributed by atoms with Crippen molar-refractivity contribution >= 4 is 22.6 Å². The number of aryl methyl sites for hydroxylation is 2. The minimum atomic E-state index is -0.427. The maximum Gasteiger partial charge on any atom is 0.322 e. The molecule has 0 radical (unpaired) electrons. The summed E-state index contributed by atoms with van der Waals surface area (Å²) < 4.78 is 5.26. The molecule has 0 aliphatic heterocycles. The molecule has 0 aliphatic carbocycles. The number of urea groups is 1. The molecule has 0 saturated carbocycles. The minimum absolute atomic E-state index is 0.0696. The van der Waals surface area contributed by atoms with Crippen LogP contribution in [0, 0.1) is 13.8 Å². The molecule has 0 saturated heterocycles. The van der Waals surface area contributed by atoms with Crippen LogP contribution in [0.4, 0.5) is 10.5 Å². The van der Waals surface area contributed by atoms with E-state index in [0.717, 1.165) is 22.0 Å². The minimum Gasteiger partial charge on any atom is -0.495 e. The van der Waals surface area contributed by atoms with E-state index in [9.17, 15) is 14.7 Å². The number of rotatable bonds is 6. The van der Waals surface area contributed by atoms with Gasteiger partial charge in [-0.2, -0.15) is 0 Å². The number of carbonyl (C=O) groups excluding carboxylic acids is 1. The monoisotopic (exact) mass is 395 g/mol. The molecular formula is C22H25N3O4. The van der Waals surface area contributed by atoms with Gasteiger partial charge in [-0.25, -0.2) is 4.79 Å². The van der Waals surface area contributed by atoms with Crippen LogP contribution >= 0.6 is 0 Å². The zero-order chi connectivity index (χ0) is 21.0. The highest BCUT2D eigenvalue weighted by Crippen LogP contribution is 2.24. The first kappa shape index (κ1) is 20.4. The molecule has 7 nitrogen and oxygen atoms in total. The molecule has 2 amide bonds. The van der Waals surface area contributed by atoms with Crippen molar-refractivity contribution in [3.05, 3.63) is 69.5 Å². The van der Waals surface area contributed by atoms with Crippen molar-refractivity contribution in [2.75, 3.05) is 25.6 Å². The number of pyridine rings is 1. The number of hydrogen-bond acceptors (Lipinski definition) is 4. The number of aromatic amines is 1. The Morgan fingerprint density at radius 3 is 2.69 bits per heavy atom. The van der Waals surface area contributed by atoms with Crippen LogP contribution in [0.1, 0.15) is 16.7 Å². The molecule has 3 N–H and O–H groups in total. The van der Waals surface area contributed by atoms with E-state index in [1.807, 2.05) is 32.0 Å². The Morgan fingerprint density at radius 2 is 1.97 bits per heavy atom. The molecule has 0 atom stereocenters. The maximum atomic E-state index is 12.8. The predicted octanol–water partition coefficient (Wildman–Crippen LogP) is 3.18. The molecule has 3 rings (SSSR count). The van der Waals surface area contributed by atoms with Crippen LogP contribution in [0.3, 0.4) is 0 Å². The smallest absolute Gasteiger partial charge is 0.322 e. The maximum absolute atomic E-state index is 12.8. The molecule has 1 heterocycles. The molecule has 7 heteroatoms. The fourth-order valence-corrected chi connectivity index (χ4v) is 3.35. The number of aliphatic hydroxyl groups is 1. The van der Waals surface area contributed by atoms with Crippen LogP contribution in [0.25, 0.3) is 10.9 Å². The Morgan fingerprint density at radius 1 is 1.21 bits per heavy atom. The van der Waals surface area contributed by atoms with E-state index in [4.69, 9.17) is 4.74 Å². The summed E-state index contributed by atoms with van der Waals surface area (Å²) in [6, 6.07) is 12.4. The number of amides is 2. The van der Waals surface area contributed by atoms with Crippen LogP contribution in [0.5, 0.6) is 5.75 Å².